The van der Waals surface area contributed by atoms with Crippen LogP contribution in [-0.4, -0.2) is 10.8 Å². The van der Waals surface area contributed by atoms with Crippen LogP contribution in [0, 0.1) is 27.8 Å². The van der Waals surface area contributed by atoms with Crippen LogP contribution in [-0.2, 0) is 4.79 Å². The summed E-state index contributed by atoms with van der Waals surface area (Å²) >= 11 is 0. The van der Waals surface area contributed by atoms with Crippen molar-refractivity contribution in [3.05, 3.63) is 39.7 Å². The molecule has 1 aromatic carbocycles. The zero-order valence-electron chi connectivity index (χ0n) is 7.36. The van der Waals surface area contributed by atoms with Gasteiger partial charge in [-0.2, -0.15) is 4.39 Å². The Hall–Kier alpha value is -2.42. The molecule has 76 valence electrons. The van der Waals surface area contributed by atoms with Gasteiger partial charge in [0.25, 0.3) is 5.91 Å². The number of rotatable bonds is 1. The van der Waals surface area contributed by atoms with Crippen LogP contribution < -0.4 is 5.73 Å². The minimum atomic E-state index is -1.07. The summed E-state index contributed by atoms with van der Waals surface area (Å²) in [5.41, 5.74) is 3.80. The maximum absolute atomic E-state index is 13.3. The van der Waals surface area contributed by atoms with E-state index in [1.807, 2.05) is 5.92 Å². The first-order valence-electron chi connectivity index (χ1n) is 3.76. The highest BCUT2D eigenvalue weighted by Gasteiger charge is 2.15. The van der Waals surface area contributed by atoms with Crippen LogP contribution in [0.15, 0.2) is 18.2 Å². The molecule has 0 radical (unpaired) electrons. The molecule has 6 heteroatoms. The van der Waals surface area contributed by atoms with Gasteiger partial charge in [0.1, 0.15) is 0 Å². The van der Waals surface area contributed by atoms with Gasteiger partial charge in [0.2, 0.25) is 5.82 Å². The molecule has 5 nitrogen and oxygen atoms in total. The molecule has 2 N–H and O–H groups in total. The van der Waals surface area contributed by atoms with Crippen LogP contribution in [0.5, 0.6) is 0 Å². The van der Waals surface area contributed by atoms with Gasteiger partial charge in [-0.05, 0) is 6.07 Å². The number of nitrogens with two attached hydrogens (primary N) is 1. The number of primary amides is 1. The van der Waals surface area contributed by atoms with E-state index in [1.54, 1.807) is 0 Å². The number of nitro groups is 1. The molecule has 1 rings (SSSR count). The third-order valence-corrected chi connectivity index (χ3v) is 1.50. The Kier molecular flexibility index (Phi) is 2.98. The van der Waals surface area contributed by atoms with Gasteiger partial charge >= 0.3 is 5.69 Å². The molecule has 0 heterocycles. The molecular weight excluding hydrogens is 203 g/mol. The Morgan fingerprint density at radius 2 is 2.20 bits per heavy atom. The SMILES string of the molecule is NC(=O)C#Cc1cccc([N+](=O)[O-])c1F. The maximum Gasteiger partial charge on any atom is 0.306 e. The second-order valence-corrected chi connectivity index (χ2v) is 2.51. The van der Waals surface area contributed by atoms with Crippen LogP contribution in [0.3, 0.4) is 0 Å². The fraction of sp³-hybridized carbons (Fsp3) is 0. The highest BCUT2D eigenvalue weighted by molar-refractivity contribution is 5.92. The molecule has 0 saturated heterocycles. The van der Waals surface area contributed by atoms with Crippen molar-refractivity contribution in [3.8, 4) is 11.8 Å². The number of nitro benzene ring substituents is 1. The van der Waals surface area contributed by atoms with E-state index in [2.05, 4.69) is 5.92 Å². The lowest BCUT2D eigenvalue weighted by Gasteiger charge is -1.95. The molecule has 0 atom stereocenters. The summed E-state index contributed by atoms with van der Waals surface area (Å²) in [5.74, 6) is 2.00. The van der Waals surface area contributed by atoms with Gasteiger partial charge in [-0.3, -0.25) is 14.9 Å². The number of hydrogen-bond donors (Lipinski definition) is 1. The Morgan fingerprint density at radius 1 is 1.53 bits per heavy atom. The molecule has 15 heavy (non-hydrogen) atoms. The van der Waals surface area contributed by atoms with Crippen molar-refractivity contribution in [2.45, 2.75) is 0 Å². The van der Waals surface area contributed by atoms with Crippen molar-refractivity contribution in [1.29, 1.82) is 0 Å². The van der Waals surface area contributed by atoms with Crippen LogP contribution in [0.25, 0.3) is 0 Å². The molecule has 1 aromatic rings. The number of carbonyl (C=O) groups excluding carboxylic acids is 1. The molecule has 0 saturated carbocycles. The fourth-order valence-corrected chi connectivity index (χ4v) is 0.886. The van der Waals surface area contributed by atoms with Gasteiger partial charge in [-0.15, -0.1) is 0 Å². The van der Waals surface area contributed by atoms with Gasteiger partial charge in [0, 0.05) is 12.0 Å². The monoisotopic (exact) mass is 208 g/mol. The first kappa shape index (κ1) is 10.7. The summed E-state index contributed by atoms with van der Waals surface area (Å²) in [4.78, 5) is 19.8. The van der Waals surface area contributed by atoms with Crippen molar-refractivity contribution in [1.82, 2.24) is 0 Å². The van der Waals surface area contributed by atoms with Crippen molar-refractivity contribution in [2.24, 2.45) is 5.73 Å². The quantitative estimate of drug-likeness (QED) is 0.415. The van der Waals surface area contributed by atoms with Crippen molar-refractivity contribution >= 4 is 11.6 Å². The van der Waals surface area contributed by atoms with E-state index in [0.29, 0.717) is 0 Å². The number of benzene rings is 1. The Balaban J connectivity index is 3.23. The Morgan fingerprint density at radius 3 is 2.73 bits per heavy atom. The van der Waals surface area contributed by atoms with Crippen LogP contribution in [0.2, 0.25) is 0 Å². The smallest absolute Gasteiger partial charge is 0.306 e. The van der Waals surface area contributed by atoms with Crippen molar-refractivity contribution in [2.75, 3.05) is 0 Å². The predicted octanol–water partition coefficient (Wildman–Crippen LogP) is 0.571. The summed E-state index contributed by atoms with van der Waals surface area (Å²) in [5, 5.41) is 10.3. The molecule has 0 aliphatic carbocycles. The molecule has 0 unspecified atom stereocenters. The van der Waals surface area contributed by atoms with Crippen molar-refractivity contribution in [3.63, 3.8) is 0 Å². The zero-order valence-corrected chi connectivity index (χ0v) is 7.36. The predicted molar refractivity (Wildman–Crippen MR) is 49.1 cm³/mol. The molecule has 0 aliphatic heterocycles. The second kappa shape index (κ2) is 4.19. The number of nitrogens with zero attached hydrogens (tertiary/aromatic N) is 1. The van der Waals surface area contributed by atoms with Gasteiger partial charge in [0.05, 0.1) is 10.5 Å². The third-order valence-electron chi connectivity index (χ3n) is 1.50. The Labute approximate surface area is 83.8 Å². The van der Waals surface area contributed by atoms with Gasteiger partial charge in [0.15, 0.2) is 0 Å². The maximum atomic E-state index is 13.3. The molecule has 1 amide bonds. The normalized spacial score (nSPS) is 8.87. The van der Waals surface area contributed by atoms with E-state index in [-0.39, 0.29) is 5.56 Å². The Bertz CT molecular complexity index is 488. The molecule has 0 fully saturated rings. The summed E-state index contributed by atoms with van der Waals surface area (Å²) < 4.78 is 13.3. The summed E-state index contributed by atoms with van der Waals surface area (Å²) in [7, 11) is 0. The highest BCUT2D eigenvalue weighted by atomic mass is 19.1. The molecule has 0 bridgehead atoms. The van der Waals surface area contributed by atoms with Crippen molar-refractivity contribution < 1.29 is 14.1 Å². The molecule has 0 aliphatic rings. The van der Waals surface area contributed by atoms with E-state index >= 15 is 0 Å². The highest BCUT2D eigenvalue weighted by Crippen LogP contribution is 2.19. The number of halogens is 1. The van der Waals surface area contributed by atoms with Gasteiger partial charge in [-0.1, -0.05) is 12.0 Å². The summed E-state index contributed by atoms with van der Waals surface area (Å²) in [6.07, 6.45) is 0. The van der Waals surface area contributed by atoms with E-state index in [4.69, 9.17) is 5.73 Å². The fourth-order valence-electron chi connectivity index (χ4n) is 0.886. The molecular formula is C9H5FN2O3. The largest absolute Gasteiger partial charge is 0.359 e. The lowest BCUT2D eigenvalue weighted by atomic mass is 10.2. The van der Waals surface area contributed by atoms with Crippen LogP contribution >= 0.6 is 0 Å². The topological polar surface area (TPSA) is 86.2 Å². The number of amides is 1. The van der Waals surface area contributed by atoms with Crippen LogP contribution in [0.4, 0.5) is 10.1 Å². The van der Waals surface area contributed by atoms with E-state index in [0.717, 1.165) is 6.07 Å². The zero-order chi connectivity index (χ0) is 11.4. The lowest BCUT2D eigenvalue weighted by molar-refractivity contribution is -0.387. The van der Waals surface area contributed by atoms with Gasteiger partial charge in [-0.25, -0.2) is 0 Å². The minimum absolute atomic E-state index is 0.233. The lowest BCUT2D eigenvalue weighted by Crippen LogP contribution is -2.06. The minimum Gasteiger partial charge on any atom is -0.359 e. The van der Waals surface area contributed by atoms with E-state index in [9.17, 15) is 19.3 Å². The molecule has 0 spiro atoms. The average molecular weight is 208 g/mol. The van der Waals surface area contributed by atoms with E-state index in [1.165, 1.54) is 12.1 Å². The first-order chi connectivity index (χ1) is 7.02. The average Bonchev–Trinajstić information content (AvgIpc) is 2.15. The number of hydrogen-bond acceptors (Lipinski definition) is 3. The summed E-state index contributed by atoms with van der Waals surface area (Å²) in [6, 6.07) is 3.50. The molecule has 0 aromatic heterocycles. The summed E-state index contributed by atoms with van der Waals surface area (Å²) in [6.45, 7) is 0. The standard InChI is InChI=1S/C9H5FN2O3/c10-9-6(4-5-8(11)13)2-1-3-7(9)12(14)15/h1-3H,(H2,11,13). The second-order valence-electron chi connectivity index (χ2n) is 2.51. The first-order valence-corrected chi connectivity index (χ1v) is 3.76. The van der Waals surface area contributed by atoms with Crippen LogP contribution in [0.1, 0.15) is 5.56 Å². The van der Waals surface area contributed by atoms with E-state index < -0.39 is 22.3 Å². The number of carbonyl (C=O) groups is 1. The third kappa shape index (κ3) is 2.51. The van der Waals surface area contributed by atoms with Gasteiger partial charge < -0.3 is 5.73 Å².